The number of benzene rings is 1. The number of ketones is 1. The van der Waals surface area contributed by atoms with Gasteiger partial charge in [-0.1, -0.05) is 20.8 Å². The summed E-state index contributed by atoms with van der Waals surface area (Å²) in [5.41, 5.74) is 0.226. The number of ether oxygens (including phenoxy) is 2. The average Bonchev–Trinajstić information content (AvgIpc) is 2.43. The highest BCUT2D eigenvalue weighted by Crippen LogP contribution is 2.32. The number of amides is 1. The first-order valence-electron chi connectivity index (χ1n) is 7.19. The fourth-order valence-electron chi connectivity index (χ4n) is 2.37. The molecule has 0 unspecified atom stereocenters. The third-order valence-corrected chi connectivity index (χ3v) is 3.26. The Labute approximate surface area is 129 Å². The second-order valence-electron chi connectivity index (χ2n) is 6.49. The average molecular weight is 307 g/mol. The van der Waals surface area contributed by atoms with Crippen molar-refractivity contribution >= 4 is 11.9 Å². The molecule has 1 amide bonds. The molecular weight excluding hydrogens is 286 g/mol. The summed E-state index contributed by atoms with van der Waals surface area (Å²) < 4.78 is 10.9. The normalized spacial score (nSPS) is 15.0. The van der Waals surface area contributed by atoms with Crippen molar-refractivity contribution in [1.82, 2.24) is 5.32 Å². The number of fused-ring (bicyclic) bond motifs is 1. The molecule has 0 fully saturated rings. The Bertz CT molecular complexity index is 576. The van der Waals surface area contributed by atoms with Crippen LogP contribution in [-0.2, 0) is 0 Å². The van der Waals surface area contributed by atoms with Gasteiger partial charge in [-0.2, -0.15) is 0 Å². The van der Waals surface area contributed by atoms with Crippen LogP contribution in [0, 0.1) is 5.41 Å². The first-order valence-corrected chi connectivity index (χ1v) is 7.19. The lowest BCUT2D eigenvalue weighted by molar-refractivity contribution is 0.0906. The molecule has 0 spiro atoms. The van der Waals surface area contributed by atoms with Gasteiger partial charge in [-0.05, 0) is 30.0 Å². The van der Waals surface area contributed by atoms with Crippen LogP contribution in [-0.4, -0.2) is 36.2 Å². The quantitative estimate of drug-likeness (QED) is 0.835. The van der Waals surface area contributed by atoms with E-state index in [9.17, 15) is 9.59 Å². The monoisotopic (exact) mass is 307 g/mol. The summed E-state index contributed by atoms with van der Waals surface area (Å²) >= 11 is 0. The fraction of sp³-hybridized carbons (Fsp3) is 0.500. The molecule has 0 radical (unpaired) electrons. The van der Waals surface area contributed by atoms with Crippen LogP contribution in [0.5, 0.6) is 11.5 Å². The van der Waals surface area contributed by atoms with Crippen LogP contribution in [0.4, 0.5) is 4.79 Å². The molecule has 120 valence electrons. The van der Waals surface area contributed by atoms with Gasteiger partial charge in [0.1, 0.15) is 13.2 Å². The second-order valence-corrected chi connectivity index (χ2v) is 6.49. The van der Waals surface area contributed by atoms with E-state index in [2.05, 4.69) is 5.32 Å². The Morgan fingerprint density at radius 2 is 1.86 bits per heavy atom. The number of rotatable bonds is 4. The predicted octanol–water partition coefficient (Wildman–Crippen LogP) is 2.71. The maximum absolute atomic E-state index is 12.6. The highest BCUT2D eigenvalue weighted by molar-refractivity contribution is 6.02. The number of hydrogen-bond donors (Lipinski definition) is 2. The van der Waals surface area contributed by atoms with Gasteiger partial charge in [-0.3, -0.25) is 4.79 Å². The molecule has 6 heteroatoms. The molecule has 0 saturated carbocycles. The lowest BCUT2D eigenvalue weighted by Crippen LogP contribution is -2.42. The Kier molecular flexibility index (Phi) is 4.59. The smallest absolute Gasteiger partial charge is 0.405 e. The first-order chi connectivity index (χ1) is 10.3. The Morgan fingerprint density at radius 1 is 1.23 bits per heavy atom. The number of Topliss-reactive ketones (excluding diaryl/α,β-unsaturated/α-hetero) is 1. The van der Waals surface area contributed by atoms with Crippen LogP contribution in [0.15, 0.2) is 18.2 Å². The van der Waals surface area contributed by atoms with Crippen LogP contribution >= 0.6 is 0 Å². The van der Waals surface area contributed by atoms with Gasteiger partial charge in [0.2, 0.25) is 0 Å². The van der Waals surface area contributed by atoms with Crippen LogP contribution in [0.1, 0.15) is 37.6 Å². The number of nitrogens with one attached hydrogen (secondary N) is 1. The lowest BCUT2D eigenvalue weighted by Gasteiger charge is -2.25. The Morgan fingerprint density at radius 3 is 2.45 bits per heavy atom. The van der Waals surface area contributed by atoms with E-state index in [-0.39, 0.29) is 11.2 Å². The van der Waals surface area contributed by atoms with Crippen molar-refractivity contribution in [3.05, 3.63) is 23.8 Å². The number of carboxylic acid groups (broad SMARTS) is 1. The number of carbonyl (C=O) groups is 2. The van der Waals surface area contributed by atoms with E-state index in [4.69, 9.17) is 14.6 Å². The van der Waals surface area contributed by atoms with Crippen molar-refractivity contribution < 1.29 is 24.2 Å². The molecule has 1 aromatic carbocycles. The highest BCUT2D eigenvalue weighted by atomic mass is 16.6. The topological polar surface area (TPSA) is 84.9 Å². The molecule has 6 nitrogen and oxygen atoms in total. The SMILES string of the molecule is CC(C)(C)C[C@H](NC(=O)O)C(=O)c1ccc2c(c1)OCCO2. The largest absolute Gasteiger partial charge is 0.486 e. The molecule has 22 heavy (non-hydrogen) atoms. The fourth-order valence-corrected chi connectivity index (χ4v) is 2.37. The maximum Gasteiger partial charge on any atom is 0.405 e. The van der Waals surface area contributed by atoms with E-state index in [1.807, 2.05) is 20.8 Å². The van der Waals surface area contributed by atoms with Gasteiger partial charge in [0.05, 0.1) is 6.04 Å². The van der Waals surface area contributed by atoms with Crippen molar-refractivity contribution in [3.8, 4) is 11.5 Å². The summed E-state index contributed by atoms with van der Waals surface area (Å²) in [5, 5.41) is 11.3. The van der Waals surface area contributed by atoms with E-state index in [0.717, 1.165) is 0 Å². The minimum atomic E-state index is -1.21. The van der Waals surface area contributed by atoms with Gasteiger partial charge in [0.15, 0.2) is 17.3 Å². The summed E-state index contributed by atoms with van der Waals surface area (Å²) in [6.07, 6.45) is -0.799. The molecule has 2 N–H and O–H groups in total. The maximum atomic E-state index is 12.6. The number of hydrogen-bond acceptors (Lipinski definition) is 4. The molecule has 0 aliphatic carbocycles. The molecule has 1 aromatic rings. The van der Waals surface area contributed by atoms with E-state index < -0.39 is 12.1 Å². The molecule has 1 aliphatic rings. The molecular formula is C16H21NO5. The van der Waals surface area contributed by atoms with Gasteiger partial charge in [0.25, 0.3) is 0 Å². The standard InChI is InChI=1S/C16H21NO5/c1-16(2,3)9-11(17-15(19)20)14(18)10-4-5-12-13(8-10)22-7-6-21-12/h4-5,8,11,17H,6-7,9H2,1-3H3,(H,19,20)/t11-/m0/s1. The Hall–Kier alpha value is -2.24. The zero-order valence-electron chi connectivity index (χ0n) is 13.0. The summed E-state index contributed by atoms with van der Waals surface area (Å²) in [7, 11) is 0. The van der Waals surface area contributed by atoms with Crippen LogP contribution in [0.3, 0.4) is 0 Å². The van der Waals surface area contributed by atoms with Crippen molar-refractivity contribution in [3.63, 3.8) is 0 Å². The predicted molar refractivity (Wildman–Crippen MR) is 80.8 cm³/mol. The molecule has 0 aromatic heterocycles. The second kappa shape index (κ2) is 6.25. The zero-order chi connectivity index (χ0) is 16.3. The van der Waals surface area contributed by atoms with Gasteiger partial charge in [0, 0.05) is 5.56 Å². The molecule has 1 atom stereocenters. The summed E-state index contributed by atoms with van der Waals surface area (Å²) in [6, 6.07) is 4.13. The molecule has 1 heterocycles. The molecule has 0 saturated heterocycles. The van der Waals surface area contributed by atoms with Crippen molar-refractivity contribution in [2.45, 2.75) is 33.2 Å². The van der Waals surface area contributed by atoms with Crippen molar-refractivity contribution in [1.29, 1.82) is 0 Å². The summed E-state index contributed by atoms with van der Waals surface area (Å²) in [5.74, 6) is 0.845. The van der Waals surface area contributed by atoms with E-state index >= 15 is 0 Å². The Balaban J connectivity index is 2.23. The van der Waals surface area contributed by atoms with E-state index in [1.165, 1.54) is 0 Å². The van der Waals surface area contributed by atoms with Gasteiger partial charge in [-0.15, -0.1) is 0 Å². The third kappa shape index (κ3) is 4.13. The van der Waals surface area contributed by atoms with Crippen LogP contribution in [0.2, 0.25) is 0 Å². The highest BCUT2D eigenvalue weighted by Gasteiger charge is 2.28. The minimum absolute atomic E-state index is 0.184. The molecule has 1 aliphatic heterocycles. The summed E-state index contributed by atoms with van der Waals surface area (Å²) in [4.78, 5) is 23.6. The number of carbonyl (C=O) groups excluding carboxylic acids is 1. The van der Waals surface area contributed by atoms with E-state index in [0.29, 0.717) is 36.7 Å². The molecule has 2 rings (SSSR count). The minimum Gasteiger partial charge on any atom is -0.486 e. The molecule has 0 bridgehead atoms. The van der Waals surface area contributed by atoms with Crippen molar-refractivity contribution in [2.75, 3.05) is 13.2 Å². The van der Waals surface area contributed by atoms with Gasteiger partial charge < -0.3 is 19.9 Å². The van der Waals surface area contributed by atoms with Gasteiger partial charge in [-0.25, -0.2) is 4.79 Å². The van der Waals surface area contributed by atoms with Crippen LogP contribution < -0.4 is 14.8 Å². The lowest BCUT2D eigenvalue weighted by atomic mass is 9.85. The third-order valence-electron chi connectivity index (χ3n) is 3.26. The van der Waals surface area contributed by atoms with Crippen LogP contribution in [0.25, 0.3) is 0 Å². The van der Waals surface area contributed by atoms with Gasteiger partial charge >= 0.3 is 6.09 Å². The zero-order valence-corrected chi connectivity index (χ0v) is 13.0. The first kappa shape index (κ1) is 16.1. The van der Waals surface area contributed by atoms with E-state index in [1.54, 1.807) is 18.2 Å². The summed E-state index contributed by atoms with van der Waals surface area (Å²) in [6.45, 7) is 6.79. The van der Waals surface area contributed by atoms with Crippen molar-refractivity contribution in [2.24, 2.45) is 5.41 Å².